The molecule has 1 aromatic carbocycles. The number of anilines is 1. The van der Waals surface area contributed by atoms with E-state index in [4.69, 9.17) is 22.1 Å². The van der Waals surface area contributed by atoms with Gasteiger partial charge in [-0.25, -0.2) is 0 Å². The van der Waals surface area contributed by atoms with Gasteiger partial charge in [0, 0.05) is 24.5 Å². The quantitative estimate of drug-likeness (QED) is 0.686. The molecule has 1 aliphatic carbocycles. The van der Waals surface area contributed by atoms with E-state index in [9.17, 15) is 4.79 Å². The minimum atomic E-state index is -0.273. The minimum absolute atomic E-state index is 0.00773. The topological polar surface area (TPSA) is 76.4 Å². The van der Waals surface area contributed by atoms with Crippen LogP contribution in [0.2, 0.25) is 5.02 Å². The van der Waals surface area contributed by atoms with E-state index in [0.717, 1.165) is 18.5 Å². The number of rotatable bonds is 8. The summed E-state index contributed by atoms with van der Waals surface area (Å²) in [5, 5.41) is 6.88. The molecule has 1 atom stereocenters. The number of carbonyl (C=O) groups is 1. The van der Waals surface area contributed by atoms with E-state index in [1.54, 1.807) is 25.3 Å². The van der Waals surface area contributed by atoms with Gasteiger partial charge in [0.25, 0.3) is 0 Å². The third-order valence-corrected chi connectivity index (χ3v) is 4.39. The number of amides is 1. The molecular weight excluding hydrogens is 302 g/mol. The second kappa shape index (κ2) is 7.20. The first-order valence-corrected chi connectivity index (χ1v) is 7.95. The van der Waals surface area contributed by atoms with Crippen molar-refractivity contribution < 1.29 is 9.53 Å². The normalized spacial score (nSPS) is 16.7. The third-order valence-electron chi connectivity index (χ3n) is 4.16. The van der Waals surface area contributed by atoms with Gasteiger partial charge >= 0.3 is 0 Å². The predicted octanol–water partition coefficient (Wildman–Crippen LogP) is 2.39. The summed E-state index contributed by atoms with van der Waals surface area (Å²) in [4.78, 5) is 12.1. The maximum atomic E-state index is 12.1. The first-order chi connectivity index (χ1) is 10.5. The van der Waals surface area contributed by atoms with Gasteiger partial charge in [0.1, 0.15) is 5.75 Å². The smallest absolute Gasteiger partial charge is 0.222 e. The van der Waals surface area contributed by atoms with Crippen LogP contribution in [0.25, 0.3) is 0 Å². The molecule has 0 saturated heterocycles. The molecule has 5 nitrogen and oxygen atoms in total. The van der Waals surface area contributed by atoms with Gasteiger partial charge in [0.15, 0.2) is 0 Å². The van der Waals surface area contributed by atoms with Crippen molar-refractivity contribution in [2.45, 2.75) is 31.7 Å². The lowest BCUT2D eigenvalue weighted by molar-refractivity contribution is -0.122. The van der Waals surface area contributed by atoms with Gasteiger partial charge in [-0.3, -0.25) is 4.79 Å². The van der Waals surface area contributed by atoms with Crippen LogP contribution in [-0.4, -0.2) is 31.6 Å². The van der Waals surface area contributed by atoms with Gasteiger partial charge in [-0.05, 0) is 43.9 Å². The van der Waals surface area contributed by atoms with E-state index in [2.05, 4.69) is 10.6 Å². The van der Waals surface area contributed by atoms with Crippen LogP contribution in [-0.2, 0) is 4.79 Å². The molecule has 4 N–H and O–H groups in total. The van der Waals surface area contributed by atoms with Crippen LogP contribution in [0.5, 0.6) is 5.75 Å². The molecule has 1 fully saturated rings. The first-order valence-electron chi connectivity index (χ1n) is 7.57. The van der Waals surface area contributed by atoms with E-state index < -0.39 is 0 Å². The van der Waals surface area contributed by atoms with Crippen molar-refractivity contribution in [1.82, 2.24) is 5.32 Å². The largest absolute Gasteiger partial charge is 0.495 e. The fourth-order valence-corrected chi connectivity index (χ4v) is 2.72. The van der Waals surface area contributed by atoms with E-state index >= 15 is 0 Å². The summed E-state index contributed by atoms with van der Waals surface area (Å²) in [5.74, 6) is 1.23. The number of nitrogens with one attached hydrogen (secondary N) is 2. The molecule has 122 valence electrons. The number of nitrogens with two attached hydrogens (primary N) is 1. The maximum Gasteiger partial charge on any atom is 0.222 e. The number of hydrogen-bond donors (Lipinski definition) is 3. The van der Waals surface area contributed by atoms with Crippen molar-refractivity contribution in [2.75, 3.05) is 25.5 Å². The Kier molecular flexibility index (Phi) is 5.53. The van der Waals surface area contributed by atoms with E-state index in [-0.39, 0.29) is 11.4 Å². The average molecular weight is 326 g/mol. The molecule has 1 saturated carbocycles. The molecular formula is C16H24ClN3O2. The highest BCUT2D eigenvalue weighted by molar-refractivity contribution is 6.30. The summed E-state index contributed by atoms with van der Waals surface area (Å²) in [7, 11) is 1.60. The third kappa shape index (κ3) is 4.27. The zero-order valence-electron chi connectivity index (χ0n) is 13.1. The lowest BCUT2D eigenvalue weighted by Gasteiger charge is -2.29. The number of hydrogen-bond acceptors (Lipinski definition) is 4. The Balaban J connectivity index is 1.83. The van der Waals surface area contributed by atoms with Gasteiger partial charge in [-0.15, -0.1) is 0 Å². The molecule has 0 aliphatic heterocycles. The first kappa shape index (κ1) is 16.9. The second-order valence-electron chi connectivity index (χ2n) is 5.97. The van der Waals surface area contributed by atoms with Crippen LogP contribution < -0.4 is 21.1 Å². The highest BCUT2D eigenvalue weighted by atomic mass is 35.5. The van der Waals surface area contributed by atoms with Crippen molar-refractivity contribution in [3.05, 3.63) is 23.2 Å². The van der Waals surface area contributed by atoms with Gasteiger partial charge in [-0.1, -0.05) is 11.6 Å². The second-order valence-corrected chi connectivity index (χ2v) is 6.40. The summed E-state index contributed by atoms with van der Waals surface area (Å²) in [6, 6.07) is 5.34. The van der Waals surface area contributed by atoms with Crippen LogP contribution in [0, 0.1) is 5.92 Å². The van der Waals surface area contributed by atoms with Gasteiger partial charge in [-0.2, -0.15) is 0 Å². The molecule has 22 heavy (non-hydrogen) atoms. The number of benzene rings is 1. The summed E-state index contributed by atoms with van der Waals surface area (Å²) in [5.41, 5.74) is 6.32. The fourth-order valence-electron chi connectivity index (χ4n) is 2.55. The standard InChI is InChI=1S/C16H24ClN3O2/c1-16(10-18,11-3-4-11)20-15(21)7-8-19-13-9-12(17)5-6-14(13)22-2/h5-6,9,11,19H,3-4,7-8,10,18H2,1-2H3,(H,20,21). The molecule has 6 heteroatoms. The summed E-state index contributed by atoms with van der Waals surface area (Å²) < 4.78 is 5.26. The molecule has 1 aromatic rings. The van der Waals surface area contributed by atoms with Gasteiger partial charge in [0.05, 0.1) is 18.3 Å². The monoisotopic (exact) mass is 325 g/mol. The highest BCUT2D eigenvalue weighted by Crippen LogP contribution is 2.39. The van der Waals surface area contributed by atoms with E-state index in [1.165, 1.54) is 0 Å². The average Bonchev–Trinajstić information content (AvgIpc) is 3.32. The molecule has 0 bridgehead atoms. The lowest BCUT2D eigenvalue weighted by atomic mass is 9.96. The van der Waals surface area contributed by atoms with Crippen LogP contribution >= 0.6 is 11.6 Å². The van der Waals surface area contributed by atoms with E-state index in [0.29, 0.717) is 36.2 Å². The zero-order valence-corrected chi connectivity index (χ0v) is 13.9. The lowest BCUT2D eigenvalue weighted by Crippen LogP contribution is -2.53. The Hall–Kier alpha value is -1.46. The predicted molar refractivity (Wildman–Crippen MR) is 89.4 cm³/mol. The van der Waals surface area contributed by atoms with Crippen LogP contribution in [0.15, 0.2) is 18.2 Å². The highest BCUT2D eigenvalue weighted by Gasteiger charge is 2.41. The molecule has 0 aromatic heterocycles. The van der Waals surface area contributed by atoms with Crippen molar-refractivity contribution >= 4 is 23.2 Å². The number of halogens is 1. The minimum Gasteiger partial charge on any atom is -0.495 e. The summed E-state index contributed by atoms with van der Waals surface area (Å²) in [6.07, 6.45) is 2.66. The maximum absolute atomic E-state index is 12.1. The zero-order chi connectivity index (χ0) is 16.2. The molecule has 2 rings (SSSR count). The Morgan fingerprint density at radius 2 is 2.23 bits per heavy atom. The molecule has 0 spiro atoms. The fraction of sp³-hybridized carbons (Fsp3) is 0.562. The van der Waals surface area contributed by atoms with Crippen LogP contribution in [0.1, 0.15) is 26.2 Å². The SMILES string of the molecule is COc1ccc(Cl)cc1NCCC(=O)NC(C)(CN)C1CC1. The van der Waals surface area contributed by atoms with Crippen molar-refractivity contribution in [1.29, 1.82) is 0 Å². The molecule has 0 radical (unpaired) electrons. The number of methoxy groups -OCH3 is 1. The number of carbonyl (C=O) groups excluding carboxylic acids is 1. The van der Waals surface area contributed by atoms with E-state index in [1.807, 2.05) is 6.92 Å². The van der Waals surface area contributed by atoms with Gasteiger partial charge < -0.3 is 21.1 Å². The van der Waals surface area contributed by atoms with Crippen molar-refractivity contribution in [2.24, 2.45) is 11.7 Å². The van der Waals surface area contributed by atoms with Crippen LogP contribution in [0.3, 0.4) is 0 Å². The number of ether oxygens (including phenoxy) is 1. The molecule has 0 heterocycles. The van der Waals surface area contributed by atoms with Crippen LogP contribution in [0.4, 0.5) is 5.69 Å². The van der Waals surface area contributed by atoms with Gasteiger partial charge in [0.2, 0.25) is 5.91 Å². The summed E-state index contributed by atoms with van der Waals surface area (Å²) in [6.45, 7) is 3.00. The molecule has 1 unspecified atom stereocenters. The Morgan fingerprint density at radius 3 is 2.82 bits per heavy atom. The van der Waals surface area contributed by atoms with Crippen molar-refractivity contribution in [3.63, 3.8) is 0 Å². The molecule has 1 aliphatic rings. The molecule has 1 amide bonds. The van der Waals surface area contributed by atoms with Crippen molar-refractivity contribution in [3.8, 4) is 5.75 Å². The summed E-state index contributed by atoms with van der Waals surface area (Å²) >= 11 is 5.97. The Labute approximate surface area is 136 Å². The Bertz CT molecular complexity index is 534. The Morgan fingerprint density at radius 1 is 1.50 bits per heavy atom.